The molecule has 0 spiro atoms. The SMILES string of the molecule is CCOc1ccc(OCCNC(=O)NCCc2ccccc2F)cc1. The number of nitrogens with one attached hydrogen (secondary N) is 2. The zero-order chi connectivity index (χ0) is 17.9. The molecule has 2 rings (SSSR count). The van der Waals surface area contributed by atoms with Crippen molar-refractivity contribution in [1.29, 1.82) is 0 Å². The summed E-state index contributed by atoms with van der Waals surface area (Å²) in [6, 6.07) is 13.5. The number of halogens is 1. The van der Waals surface area contributed by atoms with E-state index in [2.05, 4.69) is 10.6 Å². The summed E-state index contributed by atoms with van der Waals surface area (Å²) in [6.07, 6.45) is 0.447. The van der Waals surface area contributed by atoms with Crippen molar-refractivity contribution in [2.45, 2.75) is 13.3 Å². The van der Waals surface area contributed by atoms with Crippen LogP contribution in [0.25, 0.3) is 0 Å². The van der Waals surface area contributed by atoms with Gasteiger partial charge in [0.1, 0.15) is 23.9 Å². The molecule has 5 nitrogen and oxygen atoms in total. The largest absolute Gasteiger partial charge is 0.494 e. The average Bonchev–Trinajstić information content (AvgIpc) is 2.62. The van der Waals surface area contributed by atoms with Crippen LogP contribution in [-0.4, -0.2) is 32.3 Å². The topological polar surface area (TPSA) is 59.6 Å². The number of benzene rings is 2. The fraction of sp³-hybridized carbons (Fsp3) is 0.316. The van der Waals surface area contributed by atoms with Crippen molar-refractivity contribution < 1.29 is 18.7 Å². The van der Waals surface area contributed by atoms with E-state index in [1.807, 2.05) is 31.2 Å². The highest BCUT2D eigenvalue weighted by Crippen LogP contribution is 2.17. The predicted molar refractivity (Wildman–Crippen MR) is 94.6 cm³/mol. The van der Waals surface area contributed by atoms with Gasteiger partial charge < -0.3 is 20.1 Å². The predicted octanol–water partition coefficient (Wildman–Crippen LogP) is 3.15. The lowest BCUT2D eigenvalue weighted by Crippen LogP contribution is -2.38. The third-order valence-corrected chi connectivity index (χ3v) is 3.43. The lowest BCUT2D eigenvalue weighted by atomic mass is 10.1. The zero-order valence-corrected chi connectivity index (χ0v) is 14.3. The number of carbonyl (C=O) groups excluding carboxylic acids is 1. The maximum Gasteiger partial charge on any atom is 0.314 e. The molecule has 6 heteroatoms. The molecule has 2 N–H and O–H groups in total. The van der Waals surface area contributed by atoms with Crippen LogP contribution in [-0.2, 0) is 6.42 Å². The van der Waals surface area contributed by atoms with Crippen LogP contribution >= 0.6 is 0 Å². The van der Waals surface area contributed by atoms with Crippen LogP contribution in [0.15, 0.2) is 48.5 Å². The average molecular weight is 346 g/mol. The zero-order valence-electron chi connectivity index (χ0n) is 14.3. The molecule has 0 heterocycles. The molecule has 0 aromatic heterocycles. The maximum absolute atomic E-state index is 13.4. The summed E-state index contributed by atoms with van der Waals surface area (Å²) in [7, 11) is 0. The highest BCUT2D eigenvalue weighted by molar-refractivity contribution is 5.73. The van der Waals surface area contributed by atoms with Crippen molar-refractivity contribution in [2.75, 3.05) is 26.3 Å². The number of ether oxygens (including phenoxy) is 2. The van der Waals surface area contributed by atoms with Gasteiger partial charge in [-0.05, 0) is 49.2 Å². The highest BCUT2D eigenvalue weighted by Gasteiger charge is 2.03. The lowest BCUT2D eigenvalue weighted by molar-refractivity contribution is 0.236. The monoisotopic (exact) mass is 346 g/mol. The fourth-order valence-corrected chi connectivity index (χ4v) is 2.21. The summed E-state index contributed by atoms with van der Waals surface area (Å²) in [4.78, 5) is 11.7. The number of hydrogen-bond acceptors (Lipinski definition) is 3. The molecular formula is C19H23FN2O3. The van der Waals surface area contributed by atoms with Crippen LogP contribution in [0.2, 0.25) is 0 Å². The molecule has 2 aromatic carbocycles. The fourth-order valence-electron chi connectivity index (χ4n) is 2.21. The van der Waals surface area contributed by atoms with Gasteiger partial charge in [-0.15, -0.1) is 0 Å². The molecule has 0 saturated carbocycles. The Morgan fingerprint density at radius 3 is 2.28 bits per heavy atom. The van der Waals surface area contributed by atoms with Gasteiger partial charge in [0.2, 0.25) is 0 Å². The van der Waals surface area contributed by atoms with Crippen molar-refractivity contribution in [3.8, 4) is 11.5 Å². The highest BCUT2D eigenvalue weighted by atomic mass is 19.1. The maximum atomic E-state index is 13.4. The van der Waals surface area contributed by atoms with E-state index in [0.717, 1.165) is 5.75 Å². The minimum Gasteiger partial charge on any atom is -0.494 e. The molecule has 2 amide bonds. The number of hydrogen-bond donors (Lipinski definition) is 2. The Hall–Kier alpha value is -2.76. The molecule has 0 aliphatic heterocycles. The summed E-state index contributed by atoms with van der Waals surface area (Å²) in [5.41, 5.74) is 0.585. The summed E-state index contributed by atoms with van der Waals surface area (Å²) in [5, 5.41) is 5.38. The van der Waals surface area contributed by atoms with Crippen molar-refractivity contribution in [2.24, 2.45) is 0 Å². The molecule has 0 aliphatic rings. The minimum atomic E-state index is -0.299. The molecule has 0 radical (unpaired) electrons. The molecule has 0 atom stereocenters. The van der Waals surface area contributed by atoms with Crippen molar-refractivity contribution in [1.82, 2.24) is 10.6 Å². The molecule has 25 heavy (non-hydrogen) atoms. The van der Waals surface area contributed by atoms with E-state index in [4.69, 9.17) is 9.47 Å². The Bertz CT molecular complexity index is 662. The quantitative estimate of drug-likeness (QED) is 0.686. The van der Waals surface area contributed by atoms with Gasteiger partial charge in [0, 0.05) is 6.54 Å². The van der Waals surface area contributed by atoms with E-state index < -0.39 is 0 Å². The molecule has 0 bridgehead atoms. The molecule has 0 aliphatic carbocycles. The van der Waals surface area contributed by atoms with Crippen LogP contribution in [0.1, 0.15) is 12.5 Å². The van der Waals surface area contributed by atoms with Gasteiger partial charge in [0.05, 0.1) is 13.2 Å². The summed E-state index contributed by atoms with van der Waals surface area (Å²) in [5.74, 6) is 1.25. The second-order valence-electron chi connectivity index (χ2n) is 5.28. The van der Waals surface area contributed by atoms with E-state index in [1.165, 1.54) is 6.07 Å². The van der Waals surface area contributed by atoms with Crippen LogP contribution < -0.4 is 20.1 Å². The molecule has 0 saturated heterocycles. The Morgan fingerprint density at radius 2 is 1.60 bits per heavy atom. The van der Waals surface area contributed by atoms with Gasteiger partial charge in [0.25, 0.3) is 0 Å². The number of urea groups is 1. The molecule has 2 aromatic rings. The minimum absolute atomic E-state index is 0.256. The number of carbonyl (C=O) groups is 1. The molecule has 0 unspecified atom stereocenters. The summed E-state index contributed by atoms with van der Waals surface area (Å²) < 4.78 is 24.3. The standard InChI is InChI=1S/C19H23FN2O3/c1-2-24-16-7-9-17(10-8-16)25-14-13-22-19(23)21-12-11-15-5-3-4-6-18(15)20/h3-10H,2,11-14H2,1H3,(H2,21,22,23). The Labute approximate surface area is 147 Å². The first-order chi connectivity index (χ1) is 12.2. The van der Waals surface area contributed by atoms with Gasteiger partial charge >= 0.3 is 6.03 Å². The van der Waals surface area contributed by atoms with Crippen LogP contribution in [0.4, 0.5) is 9.18 Å². The van der Waals surface area contributed by atoms with Crippen LogP contribution in [0.5, 0.6) is 11.5 Å². The van der Waals surface area contributed by atoms with Crippen molar-refractivity contribution >= 4 is 6.03 Å². The van der Waals surface area contributed by atoms with Crippen LogP contribution in [0.3, 0.4) is 0 Å². The van der Waals surface area contributed by atoms with Gasteiger partial charge in [-0.3, -0.25) is 0 Å². The second-order valence-corrected chi connectivity index (χ2v) is 5.28. The molecule has 134 valence electrons. The molecule has 0 fully saturated rings. The first-order valence-corrected chi connectivity index (χ1v) is 8.30. The second kappa shape index (κ2) is 10.2. The third-order valence-electron chi connectivity index (χ3n) is 3.43. The van der Waals surface area contributed by atoms with Gasteiger partial charge in [-0.1, -0.05) is 18.2 Å². The number of amides is 2. The van der Waals surface area contributed by atoms with Crippen LogP contribution in [0, 0.1) is 5.82 Å². The Kier molecular flexibility index (Phi) is 7.56. The first kappa shape index (κ1) is 18.6. The van der Waals surface area contributed by atoms with E-state index >= 15 is 0 Å². The van der Waals surface area contributed by atoms with Crippen molar-refractivity contribution in [3.05, 3.63) is 59.9 Å². The molecular weight excluding hydrogens is 323 g/mol. The lowest BCUT2D eigenvalue weighted by Gasteiger charge is -2.10. The van der Waals surface area contributed by atoms with Gasteiger partial charge in [-0.2, -0.15) is 0 Å². The Balaban J connectivity index is 1.58. The van der Waals surface area contributed by atoms with Crippen molar-refractivity contribution in [3.63, 3.8) is 0 Å². The van der Waals surface area contributed by atoms with E-state index in [9.17, 15) is 9.18 Å². The number of rotatable bonds is 9. The third kappa shape index (κ3) is 6.71. The van der Waals surface area contributed by atoms with Gasteiger partial charge in [-0.25, -0.2) is 9.18 Å². The smallest absolute Gasteiger partial charge is 0.314 e. The summed E-state index contributed by atoms with van der Waals surface area (Å²) >= 11 is 0. The Morgan fingerprint density at radius 1 is 0.960 bits per heavy atom. The normalized spacial score (nSPS) is 10.2. The van der Waals surface area contributed by atoms with Gasteiger partial charge in [0.15, 0.2) is 0 Å². The first-order valence-electron chi connectivity index (χ1n) is 8.30. The van der Waals surface area contributed by atoms with E-state index in [0.29, 0.717) is 44.0 Å². The van der Waals surface area contributed by atoms with E-state index in [1.54, 1.807) is 18.2 Å². The van der Waals surface area contributed by atoms with E-state index in [-0.39, 0.29) is 11.8 Å². The summed E-state index contributed by atoms with van der Waals surface area (Å²) in [6.45, 7) is 3.65.